The summed E-state index contributed by atoms with van der Waals surface area (Å²) in [4.78, 5) is 0. The first kappa shape index (κ1) is 23.6. The van der Waals surface area contributed by atoms with Gasteiger partial charge in [-0.05, 0) is 0 Å². The quantitative estimate of drug-likeness (QED) is 0.341. The van der Waals surface area contributed by atoms with Crippen LogP contribution in [0.15, 0.2) is 17.7 Å². The first-order chi connectivity index (χ1) is 4.81. The summed E-state index contributed by atoms with van der Waals surface area (Å²) >= 11 is 0. The van der Waals surface area contributed by atoms with Crippen LogP contribution in [0, 0.1) is 13.0 Å². The van der Waals surface area contributed by atoms with E-state index in [4.69, 9.17) is 0 Å². The molecule has 0 aromatic carbocycles. The third-order valence-corrected chi connectivity index (χ3v) is 1.23. The fourth-order valence-electron chi connectivity index (χ4n) is 0.499. The average molecular weight is 386 g/mol. The van der Waals surface area contributed by atoms with Gasteiger partial charge < -0.3 is 31.7 Å². The van der Waals surface area contributed by atoms with E-state index < -0.39 is 0 Å². The van der Waals surface area contributed by atoms with Crippen molar-refractivity contribution < 1.29 is 50.7 Å². The van der Waals surface area contributed by atoms with Crippen LogP contribution in [0.1, 0.15) is 33.1 Å². The first-order valence-corrected chi connectivity index (χ1v) is 3.83. The van der Waals surface area contributed by atoms with E-state index in [1.165, 1.54) is 12.0 Å². The van der Waals surface area contributed by atoms with E-state index in [-0.39, 0.29) is 50.7 Å². The molecule has 1 aliphatic carbocycles. The number of hydrogen-bond acceptors (Lipinski definition) is 0. The van der Waals surface area contributed by atoms with Crippen molar-refractivity contribution in [3.8, 4) is 0 Å². The largest absolute Gasteiger partial charge is 4.00 e. The zero-order chi connectivity index (χ0) is 7.82. The van der Waals surface area contributed by atoms with Gasteiger partial charge in [0.15, 0.2) is 0 Å². The number of hydrogen-bond donors (Lipinski definition) is 0. The molecule has 0 heterocycles. The van der Waals surface area contributed by atoms with Crippen molar-refractivity contribution in [1.29, 1.82) is 0 Å². The van der Waals surface area contributed by atoms with Crippen LogP contribution in [0.25, 0.3) is 0 Å². The van der Waals surface area contributed by atoms with E-state index in [1.807, 2.05) is 6.08 Å². The number of allylic oxidation sites excluding steroid dienone is 4. The van der Waals surface area contributed by atoms with Crippen molar-refractivity contribution in [3.05, 3.63) is 30.7 Å². The maximum atomic E-state index is 3.60. The van der Waals surface area contributed by atoms with Crippen molar-refractivity contribution in [2.24, 2.45) is 0 Å². The van der Waals surface area contributed by atoms with Crippen LogP contribution in [-0.2, 0) is 25.8 Å². The Labute approximate surface area is 114 Å². The van der Waals surface area contributed by atoms with Gasteiger partial charge in [-0.1, -0.05) is 13.3 Å². The van der Waals surface area contributed by atoms with Crippen LogP contribution in [0.3, 0.4) is 0 Å². The van der Waals surface area contributed by atoms with Gasteiger partial charge in [0.1, 0.15) is 0 Å². The van der Waals surface area contributed by atoms with E-state index in [0.717, 1.165) is 12.8 Å². The molecule has 0 fully saturated rings. The summed E-state index contributed by atoms with van der Waals surface area (Å²) in [5.41, 5.74) is 1.34. The summed E-state index contributed by atoms with van der Waals surface area (Å²) in [6.07, 6.45) is 10.5. The molecule has 0 N–H and O–H groups in total. The Morgan fingerprint density at radius 3 is 2.00 bits per heavy atom. The normalized spacial score (nSPS) is 10.8. The van der Waals surface area contributed by atoms with Crippen molar-refractivity contribution in [2.45, 2.75) is 33.1 Å². The van der Waals surface area contributed by atoms with Crippen LogP contribution in [0.2, 0.25) is 0 Å². The SMILES string of the molecule is CC1=CC[C-]=C1.[CH2-]CCC.[Cl-].[Cl-].[Hf+4]. The second-order valence-corrected chi connectivity index (χ2v) is 2.35. The van der Waals surface area contributed by atoms with Crippen LogP contribution >= 0.6 is 0 Å². The van der Waals surface area contributed by atoms with E-state index in [0.29, 0.717) is 0 Å². The van der Waals surface area contributed by atoms with Gasteiger partial charge in [0.25, 0.3) is 0 Å². The predicted molar refractivity (Wildman–Crippen MR) is 46.5 cm³/mol. The van der Waals surface area contributed by atoms with Gasteiger partial charge in [0, 0.05) is 0 Å². The molecule has 13 heavy (non-hydrogen) atoms. The van der Waals surface area contributed by atoms with Crippen LogP contribution in [-0.4, -0.2) is 0 Å². The molecule has 0 spiro atoms. The monoisotopic (exact) mass is 386 g/mol. The zero-order valence-corrected chi connectivity index (χ0v) is 13.3. The predicted octanol–water partition coefficient (Wildman–Crippen LogP) is -2.68. The molecule has 0 saturated heterocycles. The molecule has 0 aliphatic heterocycles. The fourth-order valence-corrected chi connectivity index (χ4v) is 0.499. The van der Waals surface area contributed by atoms with Gasteiger partial charge >= 0.3 is 25.8 Å². The summed E-state index contributed by atoms with van der Waals surface area (Å²) in [5.74, 6) is 0. The zero-order valence-electron chi connectivity index (χ0n) is 8.24. The summed E-state index contributed by atoms with van der Waals surface area (Å²) in [5, 5.41) is 0. The molecule has 0 nitrogen and oxygen atoms in total. The van der Waals surface area contributed by atoms with Gasteiger partial charge in [-0.15, -0.1) is 13.3 Å². The van der Waals surface area contributed by atoms with Crippen LogP contribution in [0.4, 0.5) is 0 Å². The standard InChI is InChI=1S/C6H7.C4H9.2ClH.Hf/c1-6-4-2-3-5-6;1-3-4-2;;;/h4-5H,2H2,1H3;1,3-4H2,2H3;2*1H;/q2*-1;;;+4/p-2. The summed E-state index contributed by atoms with van der Waals surface area (Å²) in [6, 6.07) is 0. The molecule has 0 atom stereocenters. The fraction of sp³-hybridized carbons (Fsp3) is 0.500. The minimum atomic E-state index is 0. The maximum absolute atomic E-state index is 3.60. The second-order valence-electron chi connectivity index (χ2n) is 2.35. The Kier molecular flexibility index (Phi) is 33.9. The smallest absolute Gasteiger partial charge is 1.00 e. The van der Waals surface area contributed by atoms with E-state index in [1.54, 1.807) is 0 Å². The third-order valence-electron chi connectivity index (χ3n) is 1.23. The van der Waals surface area contributed by atoms with Gasteiger partial charge in [0.2, 0.25) is 0 Å². The van der Waals surface area contributed by atoms with Crippen molar-refractivity contribution in [3.63, 3.8) is 0 Å². The van der Waals surface area contributed by atoms with Crippen LogP contribution in [0.5, 0.6) is 0 Å². The molecule has 74 valence electrons. The molecular formula is C10H16Cl2Hf. The van der Waals surface area contributed by atoms with Gasteiger partial charge in [-0.3, -0.25) is 6.08 Å². The molecule has 3 heteroatoms. The molecular weight excluding hydrogens is 370 g/mol. The topological polar surface area (TPSA) is 0 Å². The van der Waals surface area contributed by atoms with Crippen molar-refractivity contribution in [1.82, 2.24) is 0 Å². The molecule has 0 aromatic heterocycles. The Morgan fingerprint density at radius 1 is 1.46 bits per heavy atom. The third kappa shape index (κ3) is 19.4. The Balaban J connectivity index is -0.0000000536. The minimum absolute atomic E-state index is 0. The number of unbranched alkanes of at least 4 members (excludes halogenated alkanes) is 1. The minimum Gasteiger partial charge on any atom is -1.00 e. The molecule has 1 rings (SSSR count). The van der Waals surface area contributed by atoms with Crippen molar-refractivity contribution >= 4 is 0 Å². The molecule has 0 unspecified atom stereocenters. The molecule has 1 aliphatic rings. The maximum Gasteiger partial charge on any atom is 4.00 e. The van der Waals surface area contributed by atoms with E-state index in [2.05, 4.69) is 32.9 Å². The Morgan fingerprint density at radius 2 is 1.92 bits per heavy atom. The number of rotatable bonds is 1. The van der Waals surface area contributed by atoms with Crippen LogP contribution < -0.4 is 24.8 Å². The summed E-state index contributed by atoms with van der Waals surface area (Å²) in [6.45, 7) is 7.81. The molecule has 0 saturated carbocycles. The number of halogens is 2. The summed E-state index contributed by atoms with van der Waals surface area (Å²) in [7, 11) is 0. The van der Waals surface area contributed by atoms with E-state index >= 15 is 0 Å². The molecule has 0 amide bonds. The first-order valence-electron chi connectivity index (χ1n) is 3.83. The molecule has 0 bridgehead atoms. The van der Waals surface area contributed by atoms with Gasteiger partial charge in [-0.25, -0.2) is 11.6 Å². The van der Waals surface area contributed by atoms with Gasteiger partial charge in [0.05, 0.1) is 0 Å². The molecule has 0 radical (unpaired) electrons. The van der Waals surface area contributed by atoms with Crippen molar-refractivity contribution in [2.75, 3.05) is 0 Å². The van der Waals surface area contributed by atoms with E-state index in [9.17, 15) is 0 Å². The summed E-state index contributed by atoms with van der Waals surface area (Å²) < 4.78 is 0. The average Bonchev–Trinajstić information content (AvgIpc) is 2.40. The van der Waals surface area contributed by atoms with Gasteiger partial charge in [-0.2, -0.15) is 12.5 Å². The second kappa shape index (κ2) is 18.7. The Bertz CT molecular complexity index is 126. The molecule has 0 aromatic rings. The Hall–Kier alpha value is 0.930.